The van der Waals surface area contributed by atoms with E-state index in [0.29, 0.717) is 38.4 Å². The average molecular weight is 548 g/mol. The molecule has 1 amide bonds. The minimum Gasteiger partial charge on any atom is -0.468 e. The van der Waals surface area contributed by atoms with Gasteiger partial charge >= 0.3 is 12.3 Å². The summed E-state index contributed by atoms with van der Waals surface area (Å²) in [6.07, 6.45) is -0.499. The summed E-state index contributed by atoms with van der Waals surface area (Å²) in [5.74, 6) is -0.00339. The Morgan fingerprint density at radius 3 is 2.18 bits per heavy atom. The first-order valence-electron chi connectivity index (χ1n) is 13.5. The Morgan fingerprint density at radius 2 is 1.59 bits per heavy atom. The average Bonchev–Trinajstić information content (AvgIpc) is 2.94. The highest BCUT2D eigenvalue weighted by atomic mass is 19.4. The third-order valence-electron chi connectivity index (χ3n) is 7.71. The van der Waals surface area contributed by atoms with Crippen LogP contribution in [0.15, 0.2) is 54.6 Å². The van der Waals surface area contributed by atoms with E-state index >= 15 is 0 Å². The van der Waals surface area contributed by atoms with Gasteiger partial charge in [-0.25, -0.2) is 4.79 Å². The first kappa shape index (κ1) is 28.7. The fraction of sp³-hybridized carbons (Fsp3) is 0.517. The van der Waals surface area contributed by atoms with E-state index in [1.165, 1.54) is 19.2 Å². The Bertz CT molecular complexity index is 1070. The Morgan fingerprint density at radius 1 is 0.949 bits per heavy atom. The topological polar surface area (TPSA) is 71.1 Å². The van der Waals surface area contributed by atoms with Crippen molar-refractivity contribution in [2.75, 3.05) is 44.7 Å². The Labute approximate surface area is 227 Å². The molecular formula is C29H36F3N3O4. The van der Waals surface area contributed by atoms with Crippen molar-refractivity contribution >= 4 is 17.6 Å². The lowest BCUT2D eigenvalue weighted by atomic mass is 9.91. The molecule has 1 unspecified atom stereocenters. The van der Waals surface area contributed by atoms with Gasteiger partial charge in [0.1, 0.15) is 11.8 Å². The number of carbonyl (C=O) groups excluding carboxylic acids is 2. The molecule has 0 saturated carbocycles. The summed E-state index contributed by atoms with van der Waals surface area (Å²) < 4.78 is 46.1. The normalized spacial score (nSPS) is 18.4. The molecule has 2 fully saturated rings. The molecule has 10 heteroatoms. The Kier molecular flexibility index (Phi) is 9.72. The van der Waals surface area contributed by atoms with Crippen LogP contribution in [-0.2, 0) is 14.3 Å². The second kappa shape index (κ2) is 13.2. The zero-order valence-electron chi connectivity index (χ0n) is 22.2. The maximum atomic E-state index is 12.8. The summed E-state index contributed by atoms with van der Waals surface area (Å²) in [4.78, 5) is 29.5. The van der Waals surface area contributed by atoms with Gasteiger partial charge in [-0.05, 0) is 80.9 Å². The van der Waals surface area contributed by atoms with Gasteiger partial charge in [0.2, 0.25) is 5.91 Å². The minimum absolute atomic E-state index is 0.0656. The monoisotopic (exact) mass is 547 g/mol. The molecule has 4 rings (SSSR count). The van der Waals surface area contributed by atoms with Crippen molar-refractivity contribution in [2.24, 2.45) is 11.8 Å². The smallest absolute Gasteiger partial charge is 0.468 e. The predicted octanol–water partition coefficient (Wildman–Crippen LogP) is 4.93. The number of halogens is 3. The fourth-order valence-corrected chi connectivity index (χ4v) is 5.55. The van der Waals surface area contributed by atoms with Crippen molar-refractivity contribution < 1.29 is 32.2 Å². The number of rotatable bonds is 9. The van der Waals surface area contributed by atoms with Gasteiger partial charge in [-0.15, -0.1) is 13.2 Å². The van der Waals surface area contributed by atoms with E-state index in [1.54, 1.807) is 12.1 Å². The largest absolute Gasteiger partial charge is 0.573 e. The summed E-state index contributed by atoms with van der Waals surface area (Å²) in [6, 6.07) is 15.1. The lowest BCUT2D eigenvalue weighted by molar-refractivity contribution is -0.274. The van der Waals surface area contributed by atoms with Gasteiger partial charge in [0.25, 0.3) is 0 Å². The van der Waals surface area contributed by atoms with Crippen molar-refractivity contribution in [1.29, 1.82) is 0 Å². The second-order valence-corrected chi connectivity index (χ2v) is 10.2. The first-order valence-corrected chi connectivity index (χ1v) is 13.5. The van der Waals surface area contributed by atoms with Gasteiger partial charge in [0.15, 0.2) is 0 Å². The number of anilines is 1. The molecule has 1 N–H and O–H groups in total. The molecular weight excluding hydrogens is 511 g/mol. The molecule has 1 atom stereocenters. The van der Waals surface area contributed by atoms with Crippen molar-refractivity contribution in [3.05, 3.63) is 60.2 Å². The molecule has 0 radical (unpaired) electrons. The number of carbonyl (C=O) groups is 2. The van der Waals surface area contributed by atoms with Crippen LogP contribution in [0, 0.1) is 11.8 Å². The molecule has 0 aromatic heterocycles. The van der Waals surface area contributed by atoms with Crippen LogP contribution in [0.2, 0.25) is 0 Å². The van der Waals surface area contributed by atoms with Crippen LogP contribution in [0.5, 0.6) is 5.75 Å². The van der Waals surface area contributed by atoms with Gasteiger partial charge in [0, 0.05) is 31.2 Å². The maximum absolute atomic E-state index is 12.8. The van der Waals surface area contributed by atoms with Crippen molar-refractivity contribution in [3.8, 4) is 5.75 Å². The van der Waals surface area contributed by atoms with Gasteiger partial charge in [-0.3, -0.25) is 9.69 Å². The lowest BCUT2D eigenvalue weighted by Gasteiger charge is -2.36. The number of amides is 1. The number of alkyl halides is 3. The fourth-order valence-electron chi connectivity index (χ4n) is 5.55. The number of esters is 1. The summed E-state index contributed by atoms with van der Waals surface area (Å²) in [5, 5.41) is 3.10. The summed E-state index contributed by atoms with van der Waals surface area (Å²) >= 11 is 0. The van der Waals surface area contributed by atoms with E-state index in [9.17, 15) is 22.8 Å². The quantitative estimate of drug-likeness (QED) is 0.449. The van der Waals surface area contributed by atoms with Crippen LogP contribution in [0.25, 0.3) is 0 Å². The van der Waals surface area contributed by atoms with E-state index in [1.807, 2.05) is 30.3 Å². The number of benzene rings is 2. The molecule has 2 aromatic rings. The second-order valence-electron chi connectivity index (χ2n) is 10.2. The molecule has 2 aromatic carbocycles. The van der Waals surface area contributed by atoms with Crippen LogP contribution in [0.1, 0.15) is 43.7 Å². The SMILES string of the molecule is COC(=O)C(c1ccccc1)N1CCC(CCNC(=O)C2CCN(c3ccc(OC(F)(F)F)cc3)CC2)CC1. The number of likely N-dealkylation sites (tertiary alicyclic amines) is 1. The highest BCUT2D eigenvalue weighted by Crippen LogP contribution is 2.30. The van der Waals surface area contributed by atoms with E-state index < -0.39 is 12.4 Å². The molecule has 2 heterocycles. The molecule has 0 spiro atoms. The molecule has 2 aliphatic rings. The molecule has 7 nitrogen and oxygen atoms in total. The lowest BCUT2D eigenvalue weighted by Crippen LogP contribution is -2.42. The van der Waals surface area contributed by atoms with Crippen LogP contribution in [0.3, 0.4) is 0 Å². The molecule has 2 saturated heterocycles. The van der Waals surface area contributed by atoms with Gasteiger partial charge in [-0.1, -0.05) is 30.3 Å². The number of piperidine rings is 2. The van der Waals surface area contributed by atoms with Crippen molar-refractivity contribution in [3.63, 3.8) is 0 Å². The third-order valence-corrected chi connectivity index (χ3v) is 7.71. The summed E-state index contributed by atoms with van der Waals surface area (Å²) in [7, 11) is 1.42. The van der Waals surface area contributed by atoms with Crippen LogP contribution >= 0.6 is 0 Å². The van der Waals surface area contributed by atoms with Crippen LogP contribution in [0.4, 0.5) is 18.9 Å². The number of nitrogens with one attached hydrogen (secondary N) is 1. The highest BCUT2D eigenvalue weighted by Gasteiger charge is 2.33. The number of methoxy groups -OCH3 is 1. The number of nitrogens with zero attached hydrogens (tertiary/aromatic N) is 2. The van der Waals surface area contributed by atoms with Crippen molar-refractivity contribution in [1.82, 2.24) is 10.2 Å². The minimum atomic E-state index is -4.71. The molecule has 39 heavy (non-hydrogen) atoms. The number of hydrogen-bond acceptors (Lipinski definition) is 6. The zero-order valence-corrected chi connectivity index (χ0v) is 22.2. The third kappa shape index (κ3) is 8.11. The predicted molar refractivity (Wildman–Crippen MR) is 141 cm³/mol. The van der Waals surface area contributed by atoms with E-state index in [-0.39, 0.29) is 23.5 Å². The molecule has 0 aliphatic carbocycles. The zero-order chi connectivity index (χ0) is 27.8. The molecule has 2 aliphatic heterocycles. The summed E-state index contributed by atoms with van der Waals surface area (Å²) in [6.45, 7) is 3.56. The number of ether oxygens (including phenoxy) is 2. The molecule has 212 valence electrons. The van der Waals surface area contributed by atoms with Gasteiger partial charge < -0.3 is 19.7 Å². The van der Waals surface area contributed by atoms with Crippen LogP contribution < -0.4 is 15.0 Å². The Hall–Kier alpha value is -3.27. The maximum Gasteiger partial charge on any atom is 0.573 e. The highest BCUT2D eigenvalue weighted by molar-refractivity contribution is 5.79. The van der Waals surface area contributed by atoms with Gasteiger partial charge in [0.05, 0.1) is 7.11 Å². The van der Waals surface area contributed by atoms with Gasteiger partial charge in [-0.2, -0.15) is 0 Å². The van der Waals surface area contributed by atoms with E-state index in [4.69, 9.17) is 4.74 Å². The van der Waals surface area contributed by atoms with E-state index in [2.05, 4.69) is 19.9 Å². The van der Waals surface area contributed by atoms with E-state index in [0.717, 1.165) is 43.6 Å². The standard InChI is InChI=1S/C29H36F3N3O4/c1-38-28(37)26(22-5-3-2-4-6-22)35-17-12-21(13-18-35)11-16-33-27(36)23-14-19-34(20-15-23)24-7-9-25(10-8-24)39-29(30,31)32/h2-10,21,23,26H,11-20H2,1H3,(H,33,36). The van der Waals surface area contributed by atoms with Crippen molar-refractivity contribution in [2.45, 2.75) is 44.5 Å². The van der Waals surface area contributed by atoms with Crippen LogP contribution in [-0.4, -0.2) is 63.0 Å². The Balaban J connectivity index is 1.16. The molecule has 0 bridgehead atoms. The first-order chi connectivity index (χ1) is 18.7. The number of hydrogen-bond donors (Lipinski definition) is 1. The summed E-state index contributed by atoms with van der Waals surface area (Å²) in [5.41, 5.74) is 1.75.